The highest BCUT2D eigenvalue weighted by Crippen LogP contribution is 2.41. The molecule has 116 valence electrons. The lowest BCUT2D eigenvalue weighted by molar-refractivity contribution is 0.128. The monoisotopic (exact) mass is 342 g/mol. The Bertz CT molecular complexity index is 715. The topological polar surface area (TPSA) is 69.8 Å². The molecule has 0 aromatic rings. The van der Waals surface area contributed by atoms with Crippen molar-refractivity contribution in [1.29, 1.82) is 0 Å². The second-order valence-corrected chi connectivity index (χ2v) is 6.38. The van der Waals surface area contributed by atoms with Crippen LogP contribution >= 0.6 is 23.4 Å². The van der Waals surface area contributed by atoms with Gasteiger partial charge in [0.15, 0.2) is 5.83 Å². The van der Waals surface area contributed by atoms with Gasteiger partial charge in [-0.15, -0.1) is 5.10 Å². The molecule has 0 saturated heterocycles. The van der Waals surface area contributed by atoms with E-state index in [9.17, 15) is 9.50 Å². The molecule has 4 rings (SSSR count). The van der Waals surface area contributed by atoms with Crippen LogP contribution < -0.4 is 0 Å². The third kappa shape index (κ3) is 1.87. The molecule has 22 heavy (non-hydrogen) atoms. The van der Waals surface area contributed by atoms with Gasteiger partial charge < -0.3 is 9.94 Å². The fraction of sp³-hybridized carbons (Fsp3) is 0.462. The highest BCUT2D eigenvalue weighted by atomic mass is 35.5. The van der Waals surface area contributed by atoms with E-state index in [4.69, 9.17) is 16.4 Å². The smallest absolute Gasteiger partial charge is 0.207 e. The number of hydrazone groups is 1. The van der Waals surface area contributed by atoms with Crippen LogP contribution in [0.3, 0.4) is 0 Å². The molecular weight excluding hydrogens is 331 g/mol. The number of aliphatic hydroxyl groups is 1. The minimum absolute atomic E-state index is 0.106. The van der Waals surface area contributed by atoms with Gasteiger partial charge in [-0.2, -0.15) is 0 Å². The number of halogens is 2. The Morgan fingerprint density at radius 1 is 1.50 bits per heavy atom. The molecule has 0 fully saturated rings. The number of allylic oxidation sites excluding steroid dienone is 2. The van der Waals surface area contributed by atoms with Crippen LogP contribution in [-0.4, -0.2) is 52.2 Å². The standard InChI is InChI=1S/C13H12ClFN4O2S/c1-22-13-16-11-9(15)8(14)10-5(4-21-18-10)7-6(20)2-3-19(17-13)12(7)11/h5-6,20H,2-4H2,1H3. The van der Waals surface area contributed by atoms with Gasteiger partial charge in [-0.3, -0.25) is 5.01 Å². The van der Waals surface area contributed by atoms with E-state index in [0.29, 0.717) is 35.1 Å². The minimum atomic E-state index is -0.713. The zero-order valence-corrected chi connectivity index (χ0v) is 13.2. The lowest BCUT2D eigenvalue weighted by Crippen LogP contribution is -2.40. The Hall–Kier alpha value is -1.38. The molecule has 6 nitrogen and oxygen atoms in total. The van der Waals surface area contributed by atoms with Crippen molar-refractivity contribution in [2.24, 2.45) is 21.2 Å². The summed E-state index contributed by atoms with van der Waals surface area (Å²) in [6.45, 7) is 0.725. The van der Waals surface area contributed by atoms with E-state index in [2.05, 4.69) is 15.2 Å². The summed E-state index contributed by atoms with van der Waals surface area (Å²) in [4.78, 5) is 9.35. The molecule has 4 aliphatic rings. The largest absolute Gasteiger partial charge is 0.394 e. The van der Waals surface area contributed by atoms with Crippen LogP contribution in [0.25, 0.3) is 0 Å². The first-order valence-electron chi connectivity index (χ1n) is 6.79. The van der Waals surface area contributed by atoms with Crippen LogP contribution in [0.15, 0.2) is 37.4 Å². The number of amidine groups is 1. The van der Waals surface area contributed by atoms with Crippen LogP contribution in [-0.2, 0) is 4.84 Å². The van der Waals surface area contributed by atoms with E-state index >= 15 is 0 Å². The summed E-state index contributed by atoms with van der Waals surface area (Å²) in [6.07, 6.45) is 1.61. The fourth-order valence-corrected chi connectivity index (χ4v) is 3.68. The van der Waals surface area contributed by atoms with Crippen LogP contribution in [0.5, 0.6) is 0 Å². The molecule has 0 aromatic heterocycles. The van der Waals surface area contributed by atoms with Crippen molar-refractivity contribution in [3.05, 3.63) is 22.1 Å². The summed E-state index contributed by atoms with van der Waals surface area (Å²) < 4.78 is 14.8. The summed E-state index contributed by atoms with van der Waals surface area (Å²) in [6, 6.07) is 0. The second-order valence-electron chi connectivity index (χ2n) is 5.23. The van der Waals surface area contributed by atoms with E-state index < -0.39 is 11.9 Å². The number of aliphatic imine (C=N–C) groups is 1. The molecule has 3 aliphatic heterocycles. The molecule has 9 heteroatoms. The number of nitrogens with zero attached hydrogens (tertiary/aromatic N) is 4. The maximum absolute atomic E-state index is 14.8. The molecule has 3 heterocycles. The summed E-state index contributed by atoms with van der Waals surface area (Å²) in [5.74, 6) is -1.02. The Morgan fingerprint density at radius 3 is 3.09 bits per heavy atom. The molecule has 1 aliphatic carbocycles. The van der Waals surface area contributed by atoms with Gasteiger partial charge in [0.1, 0.15) is 23.1 Å². The van der Waals surface area contributed by atoms with Gasteiger partial charge >= 0.3 is 0 Å². The number of fused-ring (bicyclic) bond motifs is 2. The molecule has 0 aromatic carbocycles. The normalized spacial score (nSPS) is 30.2. The third-order valence-corrected chi connectivity index (χ3v) is 4.96. The number of hydrogen-bond acceptors (Lipinski definition) is 7. The van der Waals surface area contributed by atoms with E-state index in [1.54, 1.807) is 5.01 Å². The second kappa shape index (κ2) is 5.07. The van der Waals surface area contributed by atoms with Crippen LogP contribution in [0.4, 0.5) is 4.39 Å². The van der Waals surface area contributed by atoms with Crippen LogP contribution in [0.1, 0.15) is 6.42 Å². The highest BCUT2D eigenvalue weighted by molar-refractivity contribution is 8.13. The molecule has 2 unspecified atom stereocenters. The van der Waals surface area contributed by atoms with Crippen LogP contribution in [0, 0.1) is 5.92 Å². The Kier molecular flexibility index (Phi) is 3.28. The van der Waals surface area contributed by atoms with Crippen molar-refractivity contribution in [2.75, 3.05) is 19.4 Å². The maximum atomic E-state index is 14.8. The zero-order chi connectivity index (χ0) is 15.4. The van der Waals surface area contributed by atoms with E-state index in [-0.39, 0.29) is 23.3 Å². The SMILES string of the molecule is CSC1=NN2CCC(O)C3=C2C(=N1)C(F)=C(Cl)C1=NOCC13. The Morgan fingerprint density at radius 2 is 2.32 bits per heavy atom. The minimum Gasteiger partial charge on any atom is -0.394 e. The molecule has 0 spiro atoms. The molecule has 0 amide bonds. The maximum Gasteiger partial charge on any atom is 0.207 e. The number of aliphatic hydroxyl groups excluding tert-OH is 1. The first-order valence-corrected chi connectivity index (χ1v) is 8.39. The van der Waals surface area contributed by atoms with Gasteiger partial charge in [0.2, 0.25) is 5.17 Å². The Labute approximate surface area is 135 Å². The number of rotatable bonds is 0. The third-order valence-electron chi connectivity index (χ3n) is 4.06. The predicted molar refractivity (Wildman–Crippen MR) is 83.6 cm³/mol. The summed E-state index contributed by atoms with van der Waals surface area (Å²) in [7, 11) is 0. The summed E-state index contributed by atoms with van der Waals surface area (Å²) in [5, 5.41) is 20.7. The van der Waals surface area contributed by atoms with Crippen molar-refractivity contribution in [3.8, 4) is 0 Å². The van der Waals surface area contributed by atoms with Gasteiger partial charge in [0, 0.05) is 6.54 Å². The van der Waals surface area contributed by atoms with E-state index in [1.807, 2.05) is 6.26 Å². The lowest BCUT2D eigenvalue weighted by atomic mass is 9.86. The van der Waals surface area contributed by atoms with Gasteiger partial charge in [0.05, 0.1) is 17.7 Å². The van der Waals surface area contributed by atoms with Gasteiger partial charge in [-0.1, -0.05) is 28.5 Å². The van der Waals surface area contributed by atoms with Crippen molar-refractivity contribution >= 4 is 40.0 Å². The highest BCUT2D eigenvalue weighted by Gasteiger charge is 2.45. The molecule has 0 bridgehead atoms. The molecule has 0 saturated carbocycles. The van der Waals surface area contributed by atoms with Gasteiger partial charge in [0.25, 0.3) is 0 Å². The van der Waals surface area contributed by atoms with Crippen molar-refractivity contribution < 1.29 is 14.3 Å². The number of oxime groups is 1. The number of thioether (sulfide) groups is 1. The van der Waals surface area contributed by atoms with Gasteiger partial charge in [-0.25, -0.2) is 9.38 Å². The first-order chi connectivity index (χ1) is 10.6. The Balaban J connectivity index is 2.01. The first kappa shape index (κ1) is 14.2. The average Bonchev–Trinajstić information content (AvgIpc) is 2.98. The molecule has 1 N–H and O–H groups in total. The average molecular weight is 343 g/mol. The molecular formula is C13H12ClFN4O2S. The van der Waals surface area contributed by atoms with Gasteiger partial charge in [-0.05, 0) is 18.2 Å². The van der Waals surface area contributed by atoms with Crippen molar-refractivity contribution in [2.45, 2.75) is 12.5 Å². The fourth-order valence-electron chi connectivity index (χ4n) is 3.06. The number of hydrogen-bond donors (Lipinski definition) is 1. The van der Waals surface area contributed by atoms with Crippen LogP contribution in [0.2, 0.25) is 0 Å². The predicted octanol–water partition coefficient (Wildman–Crippen LogP) is 1.83. The van der Waals surface area contributed by atoms with Crippen molar-refractivity contribution in [1.82, 2.24) is 5.01 Å². The molecule has 2 atom stereocenters. The van der Waals surface area contributed by atoms with E-state index in [1.165, 1.54) is 11.8 Å². The summed E-state index contributed by atoms with van der Waals surface area (Å²) >= 11 is 7.49. The quantitative estimate of drug-likeness (QED) is 0.729. The zero-order valence-electron chi connectivity index (χ0n) is 11.6. The van der Waals surface area contributed by atoms with E-state index in [0.717, 1.165) is 0 Å². The van der Waals surface area contributed by atoms with Crippen molar-refractivity contribution in [3.63, 3.8) is 0 Å². The summed E-state index contributed by atoms with van der Waals surface area (Å²) in [5.41, 5.74) is 1.56. The lowest BCUT2D eigenvalue weighted by Gasteiger charge is -2.35. The molecule has 0 radical (unpaired) electrons.